The van der Waals surface area contributed by atoms with Gasteiger partial charge in [-0.3, -0.25) is 4.79 Å². The number of hydrogen-bond donors (Lipinski definition) is 1. The molecule has 0 aliphatic heterocycles. The van der Waals surface area contributed by atoms with Gasteiger partial charge in [0.05, 0.1) is 0 Å². The molecule has 0 aliphatic carbocycles. The monoisotopic (exact) mass is 243 g/mol. The van der Waals surface area contributed by atoms with Crippen LogP contribution in [0, 0.1) is 5.41 Å². The third-order valence-corrected chi connectivity index (χ3v) is 2.00. The maximum atomic E-state index is 12.0. The van der Waals surface area contributed by atoms with E-state index < -0.39 is 12.0 Å². The molecule has 0 spiro atoms. The summed E-state index contributed by atoms with van der Waals surface area (Å²) in [5.74, 6) is -0.168. The van der Waals surface area contributed by atoms with Gasteiger partial charge < -0.3 is 10.1 Å². The van der Waals surface area contributed by atoms with Crippen LogP contribution in [0.2, 0.25) is 0 Å². The molecule has 1 N–H and O–H groups in total. The fourth-order valence-corrected chi connectivity index (χ4v) is 1.07. The summed E-state index contributed by atoms with van der Waals surface area (Å²) in [6.45, 7) is 2.43. The van der Waals surface area contributed by atoms with Crippen LogP contribution in [0.5, 0.6) is 5.75 Å². The van der Waals surface area contributed by atoms with E-state index in [4.69, 9.17) is 0 Å². The van der Waals surface area contributed by atoms with Gasteiger partial charge in [0.25, 0.3) is 0 Å². The molecule has 0 aliphatic rings. The van der Waals surface area contributed by atoms with Crippen LogP contribution >= 0.6 is 0 Å². The smallest absolute Gasteiger partial charge is 0.387 e. The van der Waals surface area contributed by atoms with Crippen molar-refractivity contribution < 1.29 is 18.3 Å². The highest BCUT2D eigenvalue weighted by Gasteiger charge is 2.21. The van der Waals surface area contributed by atoms with Crippen molar-refractivity contribution in [2.75, 3.05) is 5.32 Å². The quantitative estimate of drug-likeness (QED) is 0.884. The highest BCUT2D eigenvalue weighted by molar-refractivity contribution is 5.94. The Hall–Kier alpha value is -1.65. The van der Waals surface area contributed by atoms with Crippen molar-refractivity contribution in [2.45, 2.75) is 27.4 Å². The van der Waals surface area contributed by atoms with Crippen LogP contribution in [0.3, 0.4) is 0 Å². The standard InChI is InChI=1S/C12H15F2NO2/c1-12(2,3)10(16)15-8-5-4-6-9(7-8)17-11(13)14/h4-7,11H,1-3H3,(H,15,16). The van der Waals surface area contributed by atoms with Gasteiger partial charge in [-0.05, 0) is 12.1 Å². The van der Waals surface area contributed by atoms with E-state index in [2.05, 4.69) is 10.1 Å². The first-order valence-corrected chi connectivity index (χ1v) is 5.15. The Morgan fingerprint density at radius 2 is 2.00 bits per heavy atom. The number of rotatable bonds is 3. The Kier molecular flexibility index (Phi) is 4.04. The van der Waals surface area contributed by atoms with Crippen LogP contribution < -0.4 is 10.1 Å². The second-order valence-electron chi connectivity index (χ2n) is 4.61. The first-order valence-electron chi connectivity index (χ1n) is 5.15. The van der Waals surface area contributed by atoms with Crippen LogP contribution in [0.4, 0.5) is 14.5 Å². The van der Waals surface area contributed by atoms with Crippen molar-refractivity contribution in [1.29, 1.82) is 0 Å². The molecule has 94 valence electrons. The van der Waals surface area contributed by atoms with Crippen LogP contribution in [0.15, 0.2) is 24.3 Å². The molecule has 0 unspecified atom stereocenters. The van der Waals surface area contributed by atoms with Crippen molar-refractivity contribution in [3.05, 3.63) is 24.3 Å². The molecule has 1 amide bonds. The van der Waals surface area contributed by atoms with Crippen molar-refractivity contribution in [2.24, 2.45) is 5.41 Å². The number of benzene rings is 1. The zero-order valence-electron chi connectivity index (χ0n) is 9.96. The van der Waals surface area contributed by atoms with E-state index in [0.29, 0.717) is 5.69 Å². The molecule has 3 nitrogen and oxygen atoms in total. The average molecular weight is 243 g/mol. The number of hydrogen-bond acceptors (Lipinski definition) is 2. The van der Waals surface area contributed by atoms with Crippen molar-refractivity contribution in [3.63, 3.8) is 0 Å². The maximum Gasteiger partial charge on any atom is 0.387 e. The van der Waals surface area contributed by atoms with Gasteiger partial charge in [0, 0.05) is 17.2 Å². The molecule has 17 heavy (non-hydrogen) atoms. The lowest BCUT2D eigenvalue weighted by Gasteiger charge is -2.18. The molecule has 1 aromatic carbocycles. The summed E-state index contributed by atoms with van der Waals surface area (Å²) in [4.78, 5) is 11.7. The number of anilines is 1. The summed E-state index contributed by atoms with van der Waals surface area (Å²) in [5.41, 5.74) is -0.109. The summed E-state index contributed by atoms with van der Waals surface area (Å²) in [6.07, 6.45) is 0. The molecule has 1 rings (SSSR count). The molecule has 0 saturated carbocycles. The third-order valence-electron chi connectivity index (χ3n) is 2.00. The van der Waals surface area contributed by atoms with E-state index in [1.807, 2.05) is 0 Å². The molecule has 0 heterocycles. The van der Waals surface area contributed by atoms with Gasteiger partial charge in [-0.1, -0.05) is 26.8 Å². The van der Waals surface area contributed by atoms with Gasteiger partial charge in [-0.25, -0.2) is 0 Å². The number of nitrogens with one attached hydrogen (secondary N) is 1. The normalized spacial score (nSPS) is 11.4. The Balaban J connectivity index is 2.76. The van der Waals surface area contributed by atoms with Crippen molar-refractivity contribution in [3.8, 4) is 5.75 Å². The Labute approximate surface area is 98.8 Å². The summed E-state index contributed by atoms with van der Waals surface area (Å²) in [6, 6.07) is 5.91. The second kappa shape index (κ2) is 5.12. The van der Waals surface area contributed by atoms with Crippen LogP contribution in [-0.4, -0.2) is 12.5 Å². The highest BCUT2D eigenvalue weighted by Crippen LogP contribution is 2.22. The Morgan fingerprint density at radius 3 is 2.53 bits per heavy atom. The molecule has 0 aromatic heterocycles. The van der Waals surface area contributed by atoms with Gasteiger partial charge in [-0.15, -0.1) is 0 Å². The Morgan fingerprint density at radius 1 is 1.35 bits per heavy atom. The fourth-order valence-electron chi connectivity index (χ4n) is 1.07. The molecular weight excluding hydrogens is 228 g/mol. The molecule has 1 aromatic rings. The largest absolute Gasteiger partial charge is 0.435 e. The second-order valence-corrected chi connectivity index (χ2v) is 4.61. The average Bonchev–Trinajstić information content (AvgIpc) is 2.15. The predicted molar refractivity (Wildman–Crippen MR) is 61.2 cm³/mol. The lowest BCUT2D eigenvalue weighted by atomic mass is 9.95. The number of ether oxygens (including phenoxy) is 1. The molecule has 5 heteroatoms. The molecule has 0 radical (unpaired) electrons. The summed E-state index contributed by atoms with van der Waals surface area (Å²) in [7, 11) is 0. The SMILES string of the molecule is CC(C)(C)C(=O)Nc1cccc(OC(F)F)c1. The van der Waals surface area contributed by atoms with E-state index in [1.165, 1.54) is 18.2 Å². The fraction of sp³-hybridized carbons (Fsp3) is 0.417. The Bertz CT molecular complexity index is 400. The van der Waals surface area contributed by atoms with Crippen LogP contribution in [0.1, 0.15) is 20.8 Å². The lowest BCUT2D eigenvalue weighted by molar-refractivity contribution is -0.123. The van der Waals surface area contributed by atoms with Gasteiger partial charge in [0.1, 0.15) is 5.75 Å². The zero-order chi connectivity index (χ0) is 13.1. The summed E-state index contributed by atoms with van der Waals surface area (Å²) >= 11 is 0. The lowest BCUT2D eigenvalue weighted by Crippen LogP contribution is -2.27. The topological polar surface area (TPSA) is 38.3 Å². The number of carbonyl (C=O) groups excluding carboxylic acids is 1. The third kappa shape index (κ3) is 4.38. The summed E-state index contributed by atoms with van der Waals surface area (Å²) in [5, 5.41) is 2.63. The van der Waals surface area contributed by atoms with Crippen molar-refractivity contribution in [1.82, 2.24) is 0 Å². The minimum Gasteiger partial charge on any atom is -0.435 e. The van der Waals surface area contributed by atoms with Gasteiger partial charge in [0.15, 0.2) is 0 Å². The van der Waals surface area contributed by atoms with E-state index >= 15 is 0 Å². The molecule has 0 fully saturated rings. The van der Waals surface area contributed by atoms with E-state index in [-0.39, 0.29) is 11.7 Å². The van der Waals surface area contributed by atoms with Gasteiger partial charge in [0.2, 0.25) is 5.91 Å². The maximum absolute atomic E-state index is 12.0. The number of halogens is 2. The number of alkyl halides is 2. The number of carbonyl (C=O) groups is 1. The predicted octanol–water partition coefficient (Wildman–Crippen LogP) is 3.27. The minimum atomic E-state index is -2.87. The van der Waals surface area contributed by atoms with E-state index in [9.17, 15) is 13.6 Å². The zero-order valence-corrected chi connectivity index (χ0v) is 9.96. The van der Waals surface area contributed by atoms with Crippen LogP contribution in [0.25, 0.3) is 0 Å². The van der Waals surface area contributed by atoms with Gasteiger partial charge in [-0.2, -0.15) is 8.78 Å². The number of amides is 1. The first-order chi connectivity index (χ1) is 7.79. The molecule has 0 atom stereocenters. The van der Waals surface area contributed by atoms with Crippen molar-refractivity contribution >= 4 is 11.6 Å². The first kappa shape index (κ1) is 13.4. The molecule has 0 saturated heterocycles. The van der Waals surface area contributed by atoms with Crippen LogP contribution in [-0.2, 0) is 4.79 Å². The molecular formula is C12H15F2NO2. The van der Waals surface area contributed by atoms with Gasteiger partial charge >= 0.3 is 6.61 Å². The highest BCUT2D eigenvalue weighted by atomic mass is 19.3. The van der Waals surface area contributed by atoms with E-state index in [1.54, 1.807) is 26.8 Å². The minimum absolute atomic E-state index is 0.0201. The summed E-state index contributed by atoms with van der Waals surface area (Å²) < 4.78 is 28.2. The molecule has 0 bridgehead atoms. The van der Waals surface area contributed by atoms with E-state index in [0.717, 1.165) is 0 Å².